The molecule has 0 amide bonds. The fourth-order valence-electron chi connectivity index (χ4n) is 9.05. The van der Waals surface area contributed by atoms with Crippen LogP contribution in [-0.2, 0) is 0 Å². The molecule has 0 bridgehead atoms. The predicted molar refractivity (Wildman–Crippen MR) is 236 cm³/mol. The van der Waals surface area contributed by atoms with E-state index in [0.29, 0.717) is 0 Å². The Morgan fingerprint density at radius 2 is 0.873 bits per heavy atom. The van der Waals surface area contributed by atoms with Crippen LogP contribution < -0.4 is 0 Å². The molecule has 12 rings (SSSR count). The summed E-state index contributed by atoms with van der Waals surface area (Å²) >= 11 is 1.87. The summed E-state index contributed by atoms with van der Waals surface area (Å²) in [6.45, 7) is 0. The zero-order valence-electron chi connectivity index (χ0n) is 29.8. The van der Waals surface area contributed by atoms with Crippen molar-refractivity contribution in [3.05, 3.63) is 194 Å². The van der Waals surface area contributed by atoms with Gasteiger partial charge in [-0.15, -0.1) is 11.3 Å². The van der Waals surface area contributed by atoms with Gasteiger partial charge < -0.3 is 9.13 Å². The predicted octanol–water partition coefficient (Wildman–Crippen LogP) is 14.7. The van der Waals surface area contributed by atoms with E-state index in [4.69, 9.17) is 0 Å². The van der Waals surface area contributed by atoms with E-state index in [1.165, 1.54) is 108 Å². The number of aromatic nitrogens is 2. The Hall–Kier alpha value is -6.94. The first-order valence-electron chi connectivity index (χ1n) is 18.8. The lowest BCUT2D eigenvalue weighted by molar-refractivity contribution is 1.18. The average molecular weight is 717 g/mol. The molecule has 3 heterocycles. The monoisotopic (exact) mass is 716 g/mol. The normalized spacial score (nSPS) is 12.0. The molecule has 0 aliphatic heterocycles. The summed E-state index contributed by atoms with van der Waals surface area (Å²) in [5, 5.41) is 10.2. The molecule has 0 unspecified atom stereocenters. The van der Waals surface area contributed by atoms with E-state index in [9.17, 15) is 0 Å². The maximum absolute atomic E-state index is 2.48. The lowest BCUT2D eigenvalue weighted by Crippen LogP contribution is -1.96. The van der Waals surface area contributed by atoms with E-state index in [1.807, 2.05) is 11.3 Å². The molecule has 0 atom stereocenters. The average Bonchev–Trinajstić information content (AvgIpc) is 3.90. The number of benzene rings is 9. The number of rotatable bonds is 4. The summed E-state index contributed by atoms with van der Waals surface area (Å²) in [5.74, 6) is 0. The van der Waals surface area contributed by atoms with Crippen molar-refractivity contribution in [1.82, 2.24) is 9.13 Å². The second kappa shape index (κ2) is 11.8. The van der Waals surface area contributed by atoms with Gasteiger partial charge in [-0.25, -0.2) is 0 Å². The van der Waals surface area contributed by atoms with Crippen LogP contribution >= 0.6 is 11.3 Å². The highest BCUT2D eigenvalue weighted by Gasteiger charge is 2.18. The molecule has 2 nitrogen and oxygen atoms in total. The molecule has 256 valence electrons. The minimum Gasteiger partial charge on any atom is -0.309 e. The number of thiophene rings is 1. The van der Waals surface area contributed by atoms with E-state index in [0.717, 1.165) is 0 Å². The van der Waals surface area contributed by atoms with Gasteiger partial charge in [0, 0.05) is 52.8 Å². The molecule has 0 saturated heterocycles. The Labute approximate surface area is 321 Å². The molecule has 9 aromatic carbocycles. The van der Waals surface area contributed by atoms with Gasteiger partial charge in [0.2, 0.25) is 0 Å². The van der Waals surface area contributed by atoms with Crippen molar-refractivity contribution in [2.45, 2.75) is 0 Å². The van der Waals surface area contributed by atoms with Crippen LogP contribution in [0.1, 0.15) is 0 Å². The summed E-state index contributed by atoms with van der Waals surface area (Å²) < 4.78 is 7.52. The minimum atomic E-state index is 1.17. The van der Waals surface area contributed by atoms with Crippen LogP contribution in [0.15, 0.2) is 194 Å². The first kappa shape index (κ1) is 30.5. The van der Waals surface area contributed by atoms with Crippen LogP contribution in [0.25, 0.3) is 108 Å². The lowest BCUT2D eigenvalue weighted by Gasteiger charge is -2.15. The molecule has 0 spiro atoms. The standard InChI is InChI=1S/C52H32N2S/c1-2-12-36(13-3-1)53-46-20-7-5-15-41(46)45-30-33(26-29-49(45)53)34-24-27-42-40-14-4-8-21-47(40)54(50(42)31-34)48-22-11-18-38-37(17-10-19-39(38)48)35-25-28-44-43-16-6-9-23-51(43)55-52(44)32-35/h1-32H. The quantitative estimate of drug-likeness (QED) is 0.172. The Kier molecular flexibility index (Phi) is 6.54. The molecule has 0 aliphatic carbocycles. The molecule has 0 saturated carbocycles. The van der Waals surface area contributed by atoms with E-state index in [2.05, 4.69) is 203 Å². The third kappa shape index (κ3) is 4.54. The second-order valence-electron chi connectivity index (χ2n) is 14.5. The van der Waals surface area contributed by atoms with Crippen molar-refractivity contribution >= 4 is 85.9 Å². The van der Waals surface area contributed by atoms with Crippen molar-refractivity contribution in [3.63, 3.8) is 0 Å². The first-order valence-corrected chi connectivity index (χ1v) is 19.7. The molecular weight excluding hydrogens is 685 g/mol. The van der Waals surface area contributed by atoms with Crippen molar-refractivity contribution in [2.24, 2.45) is 0 Å². The fourth-order valence-corrected chi connectivity index (χ4v) is 10.2. The molecule has 12 aromatic rings. The van der Waals surface area contributed by atoms with Gasteiger partial charge in [-0.05, 0) is 88.3 Å². The number of nitrogens with zero attached hydrogens (tertiary/aromatic N) is 2. The van der Waals surface area contributed by atoms with Crippen molar-refractivity contribution in [1.29, 1.82) is 0 Å². The number of fused-ring (bicyclic) bond motifs is 10. The number of hydrogen-bond donors (Lipinski definition) is 0. The maximum Gasteiger partial charge on any atom is 0.0547 e. The largest absolute Gasteiger partial charge is 0.309 e. The Morgan fingerprint density at radius 1 is 0.291 bits per heavy atom. The zero-order chi connectivity index (χ0) is 36.0. The molecule has 0 radical (unpaired) electrons. The summed E-state index contributed by atoms with van der Waals surface area (Å²) in [4.78, 5) is 0. The van der Waals surface area contributed by atoms with Gasteiger partial charge in [-0.1, -0.05) is 133 Å². The van der Waals surface area contributed by atoms with Crippen LogP contribution in [0.2, 0.25) is 0 Å². The molecule has 55 heavy (non-hydrogen) atoms. The Bertz CT molecular complexity index is 3490. The smallest absolute Gasteiger partial charge is 0.0547 e. The molecule has 0 fully saturated rings. The van der Waals surface area contributed by atoms with E-state index >= 15 is 0 Å². The van der Waals surface area contributed by atoms with E-state index in [1.54, 1.807) is 0 Å². The third-order valence-electron chi connectivity index (χ3n) is 11.5. The lowest BCUT2D eigenvalue weighted by atomic mass is 9.96. The Morgan fingerprint density at radius 3 is 1.75 bits per heavy atom. The van der Waals surface area contributed by atoms with Crippen LogP contribution in [0, 0.1) is 0 Å². The van der Waals surface area contributed by atoms with Crippen molar-refractivity contribution < 1.29 is 0 Å². The molecule has 3 heteroatoms. The number of hydrogen-bond acceptors (Lipinski definition) is 1. The van der Waals surface area contributed by atoms with Crippen molar-refractivity contribution in [3.8, 4) is 33.6 Å². The SMILES string of the molecule is c1ccc(-n2c3ccccc3c3cc(-c4ccc5c6ccccc6n(-c6cccc7c(-c8ccc9c(c8)sc8ccccc89)cccc67)c5c4)ccc32)cc1. The highest BCUT2D eigenvalue weighted by atomic mass is 32.1. The van der Waals surface area contributed by atoms with Crippen LogP contribution in [0.4, 0.5) is 0 Å². The van der Waals surface area contributed by atoms with Crippen molar-refractivity contribution in [2.75, 3.05) is 0 Å². The second-order valence-corrected chi connectivity index (χ2v) is 15.6. The minimum absolute atomic E-state index is 1.17. The number of para-hydroxylation sites is 3. The van der Waals surface area contributed by atoms with Gasteiger partial charge in [-0.3, -0.25) is 0 Å². The summed E-state index contributed by atoms with van der Waals surface area (Å²) in [5.41, 5.74) is 12.1. The molecule has 3 aromatic heterocycles. The van der Waals surface area contributed by atoms with Gasteiger partial charge in [0.05, 0.1) is 27.8 Å². The van der Waals surface area contributed by atoms with Gasteiger partial charge >= 0.3 is 0 Å². The highest BCUT2D eigenvalue weighted by molar-refractivity contribution is 7.25. The third-order valence-corrected chi connectivity index (χ3v) is 12.7. The first-order chi connectivity index (χ1) is 27.3. The molecule has 0 N–H and O–H groups in total. The Balaban J connectivity index is 1.05. The summed E-state index contributed by atoms with van der Waals surface area (Å²) in [6.07, 6.45) is 0. The summed E-state index contributed by atoms with van der Waals surface area (Å²) in [7, 11) is 0. The van der Waals surface area contributed by atoms with Gasteiger partial charge in [0.25, 0.3) is 0 Å². The fraction of sp³-hybridized carbons (Fsp3) is 0. The van der Waals surface area contributed by atoms with Gasteiger partial charge in [0.1, 0.15) is 0 Å². The topological polar surface area (TPSA) is 9.86 Å². The molecule has 0 aliphatic rings. The van der Waals surface area contributed by atoms with E-state index < -0.39 is 0 Å². The zero-order valence-corrected chi connectivity index (χ0v) is 30.6. The van der Waals surface area contributed by atoms with E-state index in [-0.39, 0.29) is 0 Å². The van der Waals surface area contributed by atoms with Crippen LogP contribution in [-0.4, -0.2) is 9.13 Å². The molecular formula is C52H32N2S. The summed E-state index contributed by atoms with van der Waals surface area (Å²) in [6, 6.07) is 71.5. The van der Waals surface area contributed by atoms with Gasteiger partial charge in [0.15, 0.2) is 0 Å². The van der Waals surface area contributed by atoms with Crippen LogP contribution in [0.5, 0.6) is 0 Å². The van der Waals surface area contributed by atoms with Crippen LogP contribution in [0.3, 0.4) is 0 Å². The highest BCUT2D eigenvalue weighted by Crippen LogP contribution is 2.42. The maximum atomic E-state index is 2.48. The van der Waals surface area contributed by atoms with Gasteiger partial charge in [-0.2, -0.15) is 0 Å².